The number of fused-ring (bicyclic) bond motifs is 4. The molecule has 0 aliphatic rings. The minimum absolute atomic E-state index is 0.942. The molecule has 0 atom stereocenters. The predicted octanol–water partition coefficient (Wildman–Crippen LogP) is 4.33. The normalized spacial score (nSPS) is 11.7. The average Bonchev–Trinajstić information content (AvgIpc) is 3.19. The average molecular weight is 312 g/mol. The highest BCUT2D eigenvalue weighted by molar-refractivity contribution is 6.07. The van der Waals surface area contributed by atoms with E-state index in [1.807, 2.05) is 0 Å². The van der Waals surface area contributed by atoms with Crippen LogP contribution in [0.3, 0.4) is 0 Å². The fourth-order valence-corrected chi connectivity index (χ4v) is 3.65. The molecule has 24 heavy (non-hydrogen) atoms. The van der Waals surface area contributed by atoms with Gasteiger partial charge in [-0.25, -0.2) is 9.97 Å². The van der Waals surface area contributed by atoms with Gasteiger partial charge in [-0.1, -0.05) is 48.5 Å². The molecule has 0 aliphatic carbocycles. The number of aromatic nitrogens is 3. The molecule has 0 radical (unpaired) electrons. The largest absolute Gasteiger partial charge is 0.340 e. The summed E-state index contributed by atoms with van der Waals surface area (Å²) in [5.41, 5.74) is 4.93. The Morgan fingerprint density at radius 2 is 1.38 bits per heavy atom. The first-order valence-corrected chi connectivity index (χ1v) is 8.35. The second-order valence-electron chi connectivity index (χ2n) is 6.21. The summed E-state index contributed by atoms with van der Waals surface area (Å²) in [6, 6.07) is 25.6. The van der Waals surface area contributed by atoms with Crippen LogP contribution in [-0.4, -0.2) is 9.55 Å². The van der Waals surface area contributed by atoms with E-state index in [4.69, 9.17) is 0 Å². The highest BCUT2D eigenvalue weighted by Crippen LogP contribution is 2.28. The van der Waals surface area contributed by atoms with E-state index in [-0.39, 0.29) is 0 Å². The Labute approximate surface area is 139 Å². The Morgan fingerprint density at radius 1 is 0.750 bits per heavy atom. The highest BCUT2D eigenvalue weighted by Gasteiger charge is 2.13. The Hall–Kier alpha value is -3.07. The minimum Gasteiger partial charge on any atom is -0.340 e. The van der Waals surface area contributed by atoms with Gasteiger partial charge in [0.2, 0.25) is 0 Å². The van der Waals surface area contributed by atoms with Gasteiger partial charge in [-0.2, -0.15) is 0 Å². The summed E-state index contributed by atoms with van der Waals surface area (Å²) in [5.74, 6) is 1.16. The molecule has 3 nitrogen and oxygen atoms in total. The zero-order valence-electron chi connectivity index (χ0n) is 13.3. The van der Waals surface area contributed by atoms with Crippen LogP contribution in [0.25, 0.3) is 32.8 Å². The number of para-hydroxylation sites is 4. The topological polar surface area (TPSA) is 34.9 Å². The van der Waals surface area contributed by atoms with Crippen molar-refractivity contribution in [3.05, 3.63) is 78.6 Å². The standard InChI is InChI=1S/C21H17N3/c1-5-11-19-15(7-1)16-8-2-6-12-20(16)24(19)14-13-21-22-17-9-3-4-10-18(17)23-21/h1-12H,13-14H2,(H,22,23)/p+1. The van der Waals surface area contributed by atoms with Gasteiger partial charge in [0.15, 0.2) is 11.0 Å². The molecule has 5 rings (SSSR count). The van der Waals surface area contributed by atoms with E-state index in [1.165, 1.54) is 21.8 Å². The third-order valence-corrected chi connectivity index (χ3v) is 4.76. The Balaban J connectivity index is 1.58. The first-order valence-electron chi connectivity index (χ1n) is 8.35. The van der Waals surface area contributed by atoms with Gasteiger partial charge in [0.25, 0.3) is 5.82 Å². The maximum absolute atomic E-state index is 3.49. The van der Waals surface area contributed by atoms with Crippen LogP contribution in [0.4, 0.5) is 0 Å². The van der Waals surface area contributed by atoms with Crippen molar-refractivity contribution in [2.24, 2.45) is 0 Å². The summed E-state index contributed by atoms with van der Waals surface area (Å²) in [4.78, 5) is 6.97. The molecule has 2 heterocycles. The SMILES string of the molecule is c1ccc2[nH+]c(CCn3c4ccccc4c4ccccc43)[nH]c2c1. The number of rotatable bonds is 3. The monoisotopic (exact) mass is 312 g/mol. The van der Waals surface area contributed by atoms with E-state index in [9.17, 15) is 0 Å². The molecule has 0 unspecified atom stereocenters. The van der Waals surface area contributed by atoms with Gasteiger partial charge in [-0.3, -0.25) is 0 Å². The van der Waals surface area contributed by atoms with Gasteiger partial charge >= 0.3 is 0 Å². The van der Waals surface area contributed by atoms with Crippen molar-refractivity contribution in [1.29, 1.82) is 0 Å². The van der Waals surface area contributed by atoms with Crippen LogP contribution in [0.2, 0.25) is 0 Å². The van der Waals surface area contributed by atoms with Crippen LogP contribution in [0.5, 0.6) is 0 Å². The number of benzene rings is 3. The van der Waals surface area contributed by atoms with E-state index in [2.05, 4.69) is 87.3 Å². The lowest BCUT2D eigenvalue weighted by molar-refractivity contribution is -0.358. The van der Waals surface area contributed by atoms with Crippen LogP contribution in [0.1, 0.15) is 5.82 Å². The molecule has 2 aromatic heterocycles. The fourth-order valence-electron chi connectivity index (χ4n) is 3.65. The van der Waals surface area contributed by atoms with Gasteiger partial charge in [0, 0.05) is 28.4 Å². The van der Waals surface area contributed by atoms with Crippen LogP contribution in [0.15, 0.2) is 72.8 Å². The molecule has 0 saturated carbocycles. The van der Waals surface area contributed by atoms with Gasteiger partial charge in [-0.05, 0) is 24.3 Å². The van der Waals surface area contributed by atoms with Gasteiger partial charge < -0.3 is 4.57 Å². The molecule has 2 N–H and O–H groups in total. The maximum Gasteiger partial charge on any atom is 0.254 e. The second-order valence-corrected chi connectivity index (χ2v) is 6.21. The van der Waals surface area contributed by atoms with Gasteiger partial charge in [-0.15, -0.1) is 0 Å². The lowest BCUT2D eigenvalue weighted by Crippen LogP contribution is -2.11. The van der Waals surface area contributed by atoms with Gasteiger partial charge in [0.05, 0.1) is 6.42 Å². The molecule has 3 aromatic carbocycles. The summed E-state index contributed by atoms with van der Waals surface area (Å²) in [6.45, 7) is 0.942. The quantitative estimate of drug-likeness (QED) is 0.514. The minimum atomic E-state index is 0.942. The van der Waals surface area contributed by atoms with Crippen molar-refractivity contribution < 1.29 is 4.98 Å². The summed E-state index contributed by atoms with van der Waals surface area (Å²) in [7, 11) is 0. The third-order valence-electron chi connectivity index (χ3n) is 4.76. The lowest BCUT2D eigenvalue weighted by Gasteiger charge is -2.04. The molecule has 0 fully saturated rings. The summed E-state index contributed by atoms with van der Waals surface area (Å²) in [6.07, 6.45) is 0.942. The van der Waals surface area contributed by atoms with Crippen molar-refractivity contribution in [1.82, 2.24) is 9.55 Å². The molecule has 0 spiro atoms. The molecular formula is C21H18N3+. The van der Waals surface area contributed by atoms with Crippen molar-refractivity contribution in [3.63, 3.8) is 0 Å². The number of aryl methyl sites for hydroxylation is 2. The first kappa shape index (κ1) is 13.4. The van der Waals surface area contributed by atoms with E-state index in [0.717, 1.165) is 29.8 Å². The molecule has 0 saturated heterocycles. The molecule has 116 valence electrons. The third kappa shape index (κ3) is 2.02. The number of imidazole rings is 1. The van der Waals surface area contributed by atoms with Crippen LogP contribution in [-0.2, 0) is 13.0 Å². The van der Waals surface area contributed by atoms with E-state index in [0.29, 0.717) is 0 Å². The highest BCUT2D eigenvalue weighted by atomic mass is 15.0. The molecule has 5 aromatic rings. The van der Waals surface area contributed by atoms with E-state index < -0.39 is 0 Å². The van der Waals surface area contributed by atoms with Crippen molar-refractivity contribution in [2.75, 3.05) is 0 Å². The molecule has 0 amide bonds. The number of aromatic amines is 2. The number of nitrogens with zero attached hydrogens (tertiary/aromatic N) is 1. The number of hydrogen-bond acceptors (Lipinski definition) is 0. The number of nitrogens with one attached hydrogen (secondary N) is 2. The zero-order chi connectivity index (χ0) is 15.9. The molecular weight excluding hydrogens is 294 g/mol. The maximum atomic E-state index is 3.49. The molecule has 3 heteroatoms. The van der Waals surface area contributed by atoms with Gasteiger partial charge in [0.1, 0.15) is 0 Å². The first-order chi connectivity index (χ1) is 11.9. The smallest absolute Gasteiger partial charge is 0.254 e. The summed E-state index contributed by atoms with van der Waals surface area (Å²) >= 11 is 0. The summed E-state index contributed by atoms with van der Waals surface area (Å²) < 4.78 is 2.42. The van der Waals surface area contributed by atoms with E-state index >= 15 is 0 Å². The fraction of sp³-hybridized carbons (Fsp3) is 0.0952. The molecule has 0 aliphatic heterocycles. The Morgan fingerprint density at radius 3 is 2.08 bits per heavy atom. The van der Waals surface area contributed by atoms with Crippen molar-refractivity contribution in [3.8, 4) is 0 Å². The van der Waals surface area contributed by atoms with Crippen LogP contribution < -0.4 is 4.98 Å². The lowest BCUT2D eigenvalue weighted by atomic mass is 10.2. The number of H-pyrrole nitrogens is 2. The number of hydrogen-bond donors (Lipinski definition) is 1. The Bertz CT molecular complexity index is 1080. The Kier molecular flexibility index (Phi) is 2.92. The summed E-state index contributed by atoms with van der Waals surface area (Å²) in [5, 5.41) is 2.66. The predicted molar refractivity (Wildman–Crippen MR) is 98.0 cm³/mol. The van der Waals surface area contributed by atoms with Crippen molar-refractivity contribution >= 4 is 32.8 Å². The van der Waals surface area contributed by atoms with Crippen molar-refractivity contribution in [2.45, 2.75) is 13.0 Å². The molecule has 0 bridgehead atoms. The van der Waals surface area contributed by atoms with Crippen LogP contribution in [0, 0.1) is 0 Å². The second kappa shape index (κ2) is 5.24. The van der Waals surface area contributed by atoms with E-state index in [1.54, 1.807) is 0 Å². The zero-order valence-corrected chi connectivity index (χ0v) is 13.3. The van der Waals surface area contributed by atoms with Crippen LogP contribution >= 0.6 is 0 Å².